The lowest BCUT2D eigenvalue weighted by Gasteiger charge is -2.18. The number of aryl methyl sites for hydroxylation is 1. The van der Waals surface area contributed by atoms with E-state index in [1.54, 1.807) is 0 Å². The van der Waals surface area contributed by atoms with Crippen LogP contribution in [0.3, 0.4) is 0 Å². The maximum absolute atomic E-state index is 6.14. The van der Waals surface area contributed by atoms with Crippen LogP contribution in [0.15, 0.2) is 39.7 Å². The minimum absolute atomic E-state index is 0.770. The van der Waals surface area contributed by atoms with Crippen molar-refractivity contribution >= 4 is 16.8 Å². The normalized spacial score (nSPS) is 15.9. The fraction of sp³-hybridized carbons (Fsp3) is 0.368. The number of rotatable bonds is 2. The zero-order valence-electron chi connectivity index (χ0n) is 13.7. The zero-order chi connectivity index (χ0) is 15.8. The van der Waals surface area contributed by atoms with Gasteiger partial charge in [-0.1, -0.05) is 0 Å². The average molecular weight is 307 g/mol. The number of benzene rings is 2. The summed E-state index contributed by atoms with van der Waals surface area (Å²) in [5.41, 5.74) is 4.99. The molecule has 2 aliphatic heterocycles. The van der Waals surface area contributed by atoms with Crippen molar-refractivity contribution < 1.29 is 4.42 Å². The van der Waals surface area contributed by atoms with Crippen molar-refractivity contribution in [1.82, 2.24) is 4.98 Å². The molecule has 3 aliphatic rings. The summed E-state index contributed by atoms with van der Waals surface area (Å²) in [4.78, 5) is 11.7. The van der Waals surface area contributed by atoms with Gasteiger partial charge in [0.2, 0.25) is 0 Å². The van der Waals surface area contributed by atoms with Crippen LogP contribution in [0, 0.1) is 6.92 Å². The van der Waals surface area contributed by atoms with E-state index in [2.05, 4.69) is 41.1 Å². The summed E-state index contributed by atoms with van der Waals surface area (Å²) in [7, 11) is 0. The Morgan fingerprint density at radius 2 is 2.00 bits per heavy atom. The number of aromatic nitrogens is 1. The first-order chi connectivity index (χ1) is 11.2. The van der Waals surface area contributed by atoms with E-state index in [4.69, 9.17) is 9.40 Å². The van der Waals surface area contributed by atoms with E-state index >= 15 is 0 Å². The van der Waals surface area contributed by atoms with Crippen LogP contribution in [-0.4, -0.2) is 24.6 Å². The molecule has 23 heavy (non-hydrogen) atoms. The first-order valence-electron chi connectivity index (χ1n) is 8.35. The molecule has 1 aromatic rings. The fourth-order valence-corrected chi connectivity index (χ4v) is 3.27. The van der Waals surface area contributed by atoms with E-state index in [0.29, 0.717) is 0 Å². The highest BCUT2D eigenvalue weighted by molar-refractivity contribution is 5.80. The Labute approximate surface area is 135 Å². The van der Waals surface area contributed by atoms with Gasteiger partial charge >= 0.3 is 0 Å². The molecule has 1 aromatic carbocycles. The molecule has 0 bridgehead atoms. The summed E-state index contributed by atoms with van der Waals surface area (Å²) in [5.74, 6) is 0.800. The van der Waals surface area contributed by atoms with Crippen molar-refractivity contribution in [2.24, 2.45) is 4.99 Å². The quantitative estimate of drug-likeness (QED) is 0.677. The smallest absolute Gasteiger partial charge is 0.155 e. The number of hydrogen-bond acceptors (Lipinski definition) is 4. The first-order valence-corrected chi connectivity index (χ1v) is 8.35. The molecule has 0 saturated carbocycles. The summed E-state index contributed by atoms with van der Waals surface area (Å²) in [6, 6.07) is 10.4. The van der Waals surface area contributed by atoms with Gasteiger partial charge in [-0.3, -0.25) is 4.99 Å². The zero-order valence-corrected chi connectivity index (χ0v) is 13.7. The molecule has 4 rings (SSSR count). The van der Waals surface area contributed by atoms with Crippen molar-refractivity contribution in [2.45, 2.75) is 26.7 Å². The van der Waals surface area contributed by atoms with Crippen molar-refractivity contribution in [1.29, 1.82) is 0 Å². The summed E-state index contributed by atoms with van der Waals surface area (Å²) < 4.78 is 6.14. The molecule has 0 amide bonds. The first kappa shape index (κ1) is 14.2. The van der Waals surface area contributed by atoms with Gasteiger partial charge in [0, 0.05) is 37.5 Å². The Balaban J connectivity index is 1.89. The highest BCUT2D eigenvalue weighted by atomic mass is 16.3. The molecule has 1 aliphatic carbocycles. The van der Waals surface area contributed by atoms with Gasteiger partial charge in [0.05, 0.1) is 5.36 Å². The number of nitrogens with zero attached hydrogens (tertiary/aromatic N) is 3. The van der Waals surface area contributed by atoms with Crippen LogP contribution < -0.4 is 10.3 Å². The lowest BCUT2D eigenvalue weighted by Crippen LogP contribution is -2.17. The third kappa shape index (κ3) is 2.58. The molecule has 118 valence electrons. The third-order valence-corrected chi connectivity index (χ3v) is 4.48. The molecule has 0 radical (unpaired) electrons. The van der Waals surface area contributed by atoms with Crippen molar-refractivity contribution in [3.05, 3.63) is 41.3 Å². The van der Waals surface area contributed by atoms with Crippen LogP contribution in [-0.2, 0) is 0 Å². The minimum atomic E-state index is 0.770. The summed E-state index contributed by atoms with van der Waals surface area (Å²) in [5, 5.41) is 0.987. The van der Waals surface area contributed by atoms with Gasteiger partial charge in [-0.15, -0.1) is 0 Å². The number of fused-ring (bicyclic) bond motifs is 2. The van der Waals surface area contributed by atoms with E-state index in [0.717, 1.165) is 53.1 Å². The molecule has 1 saturated heterocycles. The van der Waals surface area contributed by atoms with Gasteiger partial charge in [0.1, 0.15) is 11.2 Å². The molecule has 1 fully saturated rings. The van der Waals surface area contributed by atoms with Gasteiger partial charge in [0.25, 0.3) is 0 Å². The molecule has 4 heteroatoms. The maximum Gasteiger partial charge on any atom is 0.155 e. The van der Waals surface area contributed by atoms with Crippen LogP contribution in [0.25, 0.3) is 22.6 Å². The Kier molecular flexibility index (Phi) is 3.52. The number of hydrogen-bond donors (Lipinski definition) is 0. The molecule has 0 spiro atoms. The third-order valence-electron chi connectivity index (χ3n) is 4.48. The SMILES string of the molecule is CCN=c1cc2oc3cc(N4CCCC4)ccc3nc-2cc1C. The molecule has 0 atom stereocenters. The molecule has 2 heterocycles. The molecule has 0 unspecified atom stereocenters. The van der Waals surface area contributed by atoms with E-state index in [-0.39, 0.29) is 0 Å². The second-order valence-electron chi connectivity index (χ2n) is 6.14. The van der Waals surface area contributed by atoms with Gasteiger partial charge in [0.15, 0.2) is 11.3 Å². The van der Waals surface area contributed by atoms with E-state index in [1.165, 1.54) is 18.5 Å². The van der Waals surface area contributed by atoms with Crippen LogP contribution >= 0.6 is 0 Å². The Morgan fingerprint density at radius 1 is 1.17 bits per heavy atom. The van der Waals surface area contributed by atoms with Gasteiger partial charge in [-0.05, 0) is 50.5 Å². The molecule has 0 N–H and O–H groups in total. The average Bonchev–Trinajstić information content (AvgIpc) is 3.08. The Bertz CT molecular complexity index is 891. The van der Waals surface area contributed by atoms with Gasteiger partial charge in [-0.2, -0.15) is 0 Å². The molecule has 4 nitrogen and oxygen atoms in total. The Morgan fingerprint density at radius 3 is 2.78 bits per heavy atom. The second kappa shape index (κ2) is 5.69. The topological polar surface area (TPSA) is 41.6 Å². The lowest BCUT2D eigenvalue weighted by molar-refractivity contribution is 0.611. The van der Waals surface area contributed by atoms with E-state index in [9.17, 15) is 0 Å². The highest BCUT2D eigenvalue weighted by Crippen LogP contribution is 2.28. The molecular weight excluding hydrogens is 286 g/mol. The van der Waals surface area contributed by atoms with Crippen molar-refractivity contribution in [2.75, 3.05) is 24.5 Å². The van der Waals surface area contributed by atoms with Crippen LogP contribution in [0.1, 0.15) is 25.3 Å². The van der Waals surface area contributed by atoms with E-state index in [1.807, 2.05) is 13.0 Å². The van der Waals surface area contributed by atoms with Crippen molar-refractivity contribution in [3.8, 4) is 11.5 Å². The maximum atomic E-state index is 6.14. The van der Waals surface area contributed by atoms with E-state index < -0.39 is 0 Å². The Hall–Kier alpha value is -2.36. The van der Waals surface area contributed by atoms with Crippen LogP contribution in [0.2, 0.25) is 0 Å². The summed E-state index contributed by atoms with van der Waals surface area (Å²) in [6.07, 6.45) is 2.54. The largest absolute Gasteiger partial charge is 0.453 e. The predicted octanol–water partition coefficient (Wildman–Crippen LogP) is 3.76. The molecular formula is C19H21N3O. The number of anilines is 1. The van der Waals surface area contributed by atoms with Crippen LogP contribution in [0.5, 0.6) is 0 Å². The highest BCUT2D eigenvalue weighted by Gasteiger charge is 2.15. The lowest BCUT2D eigenvalue weighted by atomic mass is 10.1. The predicted molar refractivity (Wildman–Crippen MR) is 92.9 cm³/mol. The second-order valence-corrected chi connectivity index (χ2v) is 6.14. The molecule has 0 aromatic heterocycles. The van der Waals surface area contributed by atoms with Crippen molar-refractivity contribution in [3.63, 3.8) is 0 Å². The fourth-order valence-electron chi connectivity index (χ4n) is 3.27. The van der Waals surface area contributed by atoms with Gasteiger partial charge in [-0.25, -0.2) is 4.98 Å². The van der Waals surface area contributed by atoms with Crippen LogP contribution in [0.4, 0.5) is 5.69 Å². The monoisotopic (exact) mass is 307 g/mol. The van der Waals surface area contributed by atoms with Gasteiger partial charge < -0.3 is 9.32 Å². The summed E-state index contributed by atoms with van der Waals surface area (Å²) in [6.45, 7) is 7.14. The summed E-state index contributed by atoms with van der Waals surface area (Å²) >= 11 is 0. The minimum Gasteiger partial charge on any atom is -0.453 e. The standard InChI is InChI=1S/C19H21N3O/c1-3-20-16-12-19-17(10-13(16)2)21-15-7-6-14(11-18(15)23-19)22-8-4-5-9-22/h6-7,10-12H,3-5,8-9H2,1-2H3.